The largest absolute Gasteiger partial charge is 0.338 e. The van der Waals surface area contributed by atoms with Gasteiger partial charge in [0.15, 0.2) is 11.5 Å². The highest BCUT2D eigenvalue weighted by Gasteiger charge is 2.33. The van der Waals surface area contributed by atoms with Crippen LogP contribution in [0.25, 0.3) is 0 Å². The van der Waals surface area contributed by atoms with Crippen molar-refractivity contribution >= 4 is 11.5 Å². The maximum atomic E-state index is 4.96. The molecule has 1 N–H and O–H groups in total. The van der Waals surface area contributed by atoms with Gasteiger partial charge in [-0.1, -0.05) is 24.1 Å². The van der Waals surface area contributed by atoms with Crippen molar-refractivity contribution in [3.8, 4) is 0 Å². The van der Waals surface area contributed by atoms with E-state index in [9.17, 15) is 0 Å². The Labute approximate surface area is 130 Å². The molecule has 1 saturated carbocycles. The second-order valence-electron chi connectivity index (χ2n) is 6.29. The summed E-state index contributed by atoms with van der Waals surface area (Å²) in [6.45, 7) is 2.09. The van der Waals surface area contributed by atoms with E-state index in [4.69, 9.17) is 9.98 Å². The van der Waals surface area contributed by atoms with E-state index in [1.807, 2.05) is 12.3 Å². The van der Waals surface area contributed by atoms with Crippen LogP contribution >= 0.6 is 0 Å². The van der Waals surface area contributed by atoms with Crippen LogP contribution in [0.15, 0.2) is 46.5 Å². The maximum Gasteiger partial charge on any atom is 0.158 e. The summed E-state index contributed by atoms with van der Waals surface area (Å²) >= 11 is 0. The molecule has 1 aromatic heterocycles. The molecule has 4 nitrogen and oxygen atoms in total. The lowest BCUT2D eigenvalue weighted by atomic mass is 9.90. The van der Waals surface area contributed by atoms with Crippen molar-refractivity contribution in [3.63, 3.8) is 0 Å². The van der Waals surface area contributed by atoms with Crippen LogP contribution in [0.4, 0.5) is 11.5 Å². The molecule has 0 atom stereocenters. The second-order valence-corrected chi connectivity index (χ2v) is 6.29. The molecule has 2 aromatic rings. The van der Waals surface area contributed by atoms with Crippen LogP contribution in [0, 0.1) is 6.92 Å². The molecule has 1 aromatic carbocycles. The average molecular weight is 292 g/mol. The van der Waals surface area contributed by atoms with Crippen LogP contribution in [-0.2, 0) is 0 Å². The molecule has 0 amide bonds. The molecule has 1 aliphatic carbocycles. The minimum absolute atomic E-state index is 0.215. The third-order valence-corrected chi connectivity index (χ3v) is 4.52. The SMILES string of the molecule is Cc1ccc(Nc2nccc3c2=NC2(CCCCC2)N=3)cc1. The summed E-state index contributed by atoms with van der Waals surface area (Å²) < 4.78 is 0. The number of aryl methyl sites for hydroxylation is 1. The molecule has 1 fully saturated rings. The summed E-state index contributed by atoms with van der Waals surface area (Å²) in [7, 11) is 0. The standard InChI is InChI=1S/C18H20N4/c1-13-5-7-14(8-6-13)20-17-16-15(9-12-19-17)21-18(22-16)10-3-2-4-11-18/h5-9,12H,2-4,10-11H2,1H3,(H,19,20). The molecule has 22 heavy (non-hydrogen) atoms. The number of anilines is 2. The highest BCUT2D eigenvalue weighted by Crippen LogP contribution is 2.33. The first-order valence-corrected chi connectivity index (χ1v) is 8.03. The number of hydrogen-bond donors (Lipinski definition) is 1. The molecule has 1 spiro atoms. The quantitative estimate of drug-likeness (QED) is 0.925. The number of aromatic nitrogens is 1. The molecule has 0 saturated heterocycles. The van der Waals surface area contributed by atoms with Crippen molar-refractivity contribution in [2.75, 3.05) is 5.32 Å². The fourth-order valence-electron chi connectivity index (χ4n) is 3.31. The van der Waals surface area contributed by atoms with Crippen LogP contribution in [0.1, 0.15) is 37.7 Å². The number of fused-ring (bicyclic) bond motifs is 1. The van der Waals surface area contributed by atoms with Crippen molar-refractivity contribution in [2.24, 2.45) is 9.98 Å². The number of rotatable bonds is 2. The van der Waals surface area contributed by atoms with Gasteiger partial charge in [-0.05, 0) is 50.8 Å². The fraction of sp³-hybridized carbons (Fsp3) is 0.389. The predicted octanol–water partition coefficient (Wildman–Crippen LogP) is 3.05. The van der Waals surface area contributed by atoms with Gasteiger partial charge in [0.1, 0.15) is 5.36 Å². The zero-order valence-corrected chi connectivity index (χ0v) is 12.8. The Morgan fingerprint density at radius 2 is 1.73 bits per heavy atom. The minimum Gasteiger partial charge on any atom is -0.338 e. The summed E-state index contributed by atoms with van der Waals surface area (Å²) in [5, 5.41) is 5.29. The Morgan fingerprint density at radius 1 is 0.955 bits per heavy atom. The van der Waals surface area contributed by atoms with E-state index in [1.165, 1.54) is 24.8 Å². The Morgan fingerprint density at radius 3 is 2.50 bits per heavy atom. The highest BCUT2D eigenvalue weighted by molar-refractivity contribution is 5.56. The molecule has 0 unspecified atom stereocenters. The Bertz CT molecular complexity index is 802. The Hall–Kier alpha value is -2.23. The predicted molar refractivity (Wildman–Crippen MR) is 86.8 cm³/mol. The molecular formula is C18H20N4. The minimum atomic E-state index is -0.215. The summed E-state index contributed by atoms with van der Waals surface area (Å²) in [6.07, 6.45) is 7.67. The van der Waals surface area contributed by atoms with Crippen molar-refractivity contribution in [3.05, 3.63) is 52.8 Å². The number of benzene rings is 1. The lowest BCUT2D eigenvalue weighted by Gasteiger charge is -2.27. The molecule has 0 bridgehead atoms. The van der Waals surface area contributed by atoms with Gasteiger partial charge in [-0.2, -0.15) is 0 Å². The van der Waals surface area contributed by atoms with Gasteiger partial charge >= 0.3 is 0 Å². The van der Waals surface area contributed by atoms with Crippen LogP contribution in [-0.4, -0.2) is 10.6 Å². The second kappa shape index (κ2) is 5.20. The third kappa shape index (κ3) is 2.39. The van der Waals surface area contributed by atoms with Crippen molar-refractivity contribution in [1.82, 2.24) is 4.98 Å². The maximum absolute atomic E-state index is 4.96. The van der Waals surface area contributed by atoms with E-state index in [-0.39, 0.29) is 5.66 Å². The van der Waals surface area contributed by atoms with Gasteiger partial charge in [-0.3, -0.25) is 4.99 Å². The van der Waals surface area contributed by atoms with Gasteiger partial charge in [-0.25, -0.2) is 9.98 Å². The molecule has 2 heterocycles. The van der Waals surface area contributed by atoms with Crippen LogP contribution in [0.5, 0.6) is 0 Å². The third-order valence-electron chi connectivity index (χ3n) is 4.52. The zero-order valence-electron chi connectivity index (χ0n) is 12.8. The smallest absolute Gasteiger partial charge is 0.158 e. The highest BCUT2D eigenvalue weighted by atomic mass is 15.1. The van der Waals surface area contributed by atoms with E-state index >= 15 is 0 Å². The van der Waals surface area contributed by atoms with Crippen LogP contribution in [0.2, 0.25) is 0 Å². The van der Waals surface area contributed by atoms with E-state index in [2.05, 4.69) is 41.5 Å². The average Bonchev–Trinajstić information content (AvgIpc) is 2.89. The van der Waals surface area contributed by atoms with Gasteiger partial charge < -0.3 is 5.32 Å². The lowest BCUT2D eigenvalue weighted by Crippen LogP contribution is -2.26. The van der Waals surface area contributed by atoms with Gasteiger partial charge in [0.25, 0.3) is 0 Å². The van der Waals surface area contributed by atoms with Crippen molar-refractivity contribution < 1.29 is 0 Å². The first-order valence-electron chi connectivity index (χ1n) is 8.03. The summed E-state index contributed by atoms with van der Waals surface area (Å²) in [5.41, 5.74) is 2.07. The Kier molecular flexibility index (Phi) is 3.17. The Balaban J connectivity index is 1.73. The molecule has 2 aliphatic rings. The van der Waals surface area contributed by atoms with Crippen LogP contribution in [0.3, 0.4) is 0 Å². The first kappa shape index (κ1) is 13.4. The van der Waals surface area contributed by atoms with Gasteiger partial charge in [0, 0.05) is 11.9 Å². The molecule has 0 radical (unpaired) electrons. The lowest BCUT2D eigenvalue weighted by molar-refractivity contribution is 0.309. The van der Waals surface area contributed by atoms with Gasteiger partial charge in [0.2, 0.25) is 0 Å². The molecule has 1 aliphatic heterocycles. The molecular weight excluding hydrogens is 272 g/mol. The number of nitrogens with one attached hydrogen (secondary N) is 1. The van der Waals surface area contributed by atoms with Crippen LogP contribution < -0.4 is 16.0 Å². The molecule has 112 valence electrons. The van der Waals surface area contributed by atoms with Gasteiger partial charge in [0.05, 0.1) is 5.36 Å². The van der Waals surface area contributed by atoms with Crippen molar-refractivity contribution in [2.45, 2.75) is 44.7 Å². The summed E-state index contributed by atoms with van der Waals surface area (Å²) in [6, 6.07) is 10.3. The molecule has 4 heteroatoms. The van der Waals surface area contributed by atoms with E-state index in [0.717, 1.165) is 35.1 Å². The summed E-state index contributed by atoms with van der Waals surface area (Å²) in [4.78, 5) is 14.4. The summed E-state index contributed by atoms with van der Waals surface area (Å²) in [5.74, 6) is 0.813. The monoisotopic (exact) mass is 292 g/mol. The number of hydrogen-bond acceptors (Lipinski definition) is 4. The first-order chi connectivity index (χ1) is 10.7. The fourth-order valence-corrected chi connectivity index (χ4v) is 3.31. The number of nitrogens with zero attached hydrogens (tertiary/aromatic N) is 3. The van der Waals surface area contributed by atoms with Crippen molar-refractivity contribution in [1.29, 1.82) is 0 Å². The van der Waals surface area contributed by atoms with E-state index < -0.39 is 0 Å². The topological polar surface area (TPSA) is 49.6 Å². The van der Waals surface area contributed by atoms with E-state index in [0.29, 0.717) is 0 Å². The molecule has 4 rings (SSSR count). The van der Waals surface area contributed by atoms with Gasteiger partial charge in [-0.15, -0.1) is 0 Å². The normalized spacial score (nSPS) is 18.4. The van der Waals surface area contributed by atoms with E-state index in [1.54, 1.807) is 0 Å². The number of pyridine rings is 1. The zero-order chi connectivity index (χ0) is 15.0.